The number of hydrogen-bond acceptors (Lipinski definition) is 6. The Hall–Kier alpha value is -2.86. The number of ether oxygens (including phenoxy) is 1. The molecule has 1 aliphatic heterocycles. The fourth-order valence-electron chi connectivity index (χ4n) is 4.61. The molecule has 0 radical (unpaired) electrons. The van der Waals surface area contributed by atoms with E-state index >= 15 is 0 Å². The van der Waals surface area contributed by atoms with Gasteiger partial charge in [-0.2, -0.15) is 0 Å². The molecule has 168 valence electrons. The lowest BCUT2D eigenvalue weighted by atomic mass is 9.73. The van der Waals surface area contributed by atoms with Crippen molar-refractivity contribution in [1.29, 1.82) is 0 Å². The van der Waals surface area contributed by atoms with Gasteiger partial charge in [-0.15, -0.1) is 11.3 Å². The van der Waals surface area contributed by atoms with Crippen LogP contribution in [0.3, 0.4) is 0 Å². The number of nitrogens with zero attached hydrogens (tertiary/aromatic N) is 1. The number of hydrogen-bond donors (Lipinski definition) is 1. The minimum Gasteiger partial charge on any atom is -0.460 e. The highest BCUT2D eigenvalue weighted by molar-refractivity contribution is 7.10. The van der Waals surface area contributed by atoms with Crippen LogP contribution in [0.2, 0.25) is 0 Å². The maximum Gasteiger partial charge on any atom is 0.337 e. The van der Waals surface area contributed by atoms with Crippen molar-refractivity contribution in [2.45, 2.75) is 51.6 Å². The SMILES string of the molecule is CC1=C(C(=O)OC(C)C)C(c2cccs2)C2=C(CC(c3ccc(N(C)C)cc3)CC2=O)N1. The Morgan fingerprint density at radius 1 is 1.16 bits per heavy atom. The number of thiophene rings is 1. The maximum atomic E-state index is 13.5. The first-order valence-electron chi connectivity index (χ1n) is 11.0. The van der Waals surface area contributed by atoms with E-state index < -0.39 is 0 Å². The summed E-state index contributed by atoms with van der Waals surface area (Å²) in [5.41, 5.74) is 5.26. The van der Waals surface area contributed by atoms with Crippen molar-refractivity contribution in [3.05, 3.63) is 74.8 Å². The third-order valence-electron chi connectivity index (χ3n) is 6.10. The van der Waals surface area contributed by atoms with E-state index in [2.05, 4.69) is 34.5 Å². The predicted molar refractivity (Wildman–Crippen MR) is 129 cm³/mol. The van der Waals surface area contributed by atoms with Crippen molar-refractivity contribution in [2.75, 3.05) is 19.0 Å². The van der Waals surface area contributed by atoms with E-state index in [-0.39, 0.29) is 29.7 Å². The molecule has 4 rings (SSSR count). The molecule has 2 atom stereocenters. The van der Waals surface area contributed by atoms with E-state index in [9.17, 15) is 9.59 Å². The Morgan fingerprint density at radius 3 is 2.47 bits per heavy atom. The molecular formula is C26H30N2O3S. The molecule has 1 aliphatic carbocycles. The summed E-state index contributed by atoms with van der Waals surface area (Å²) in [6.45, 7) is 5.58. The number of benzene rings is 1. The first-order valence-corrected chi connectivity index (χ1v) is 11.9. The van der Waals surface area contributed by atoms with Crippen LogP contribution in [0.25, 0.3) is 0 Å². The van der Waals surface area contributed by atoms with Gasteiger partial charge >= 0.3 is 5.97 Å². The topological polar surface area (TPSA) is 58.6 Å². The number of anilines is 1. The van der Waals surface area contributed by atoms with Gasteiger partial charge in [0.05, 0.1) is 17.6 Å². The monoisotopic (exact) mass is 450 g/mol. The van der Waals surface area contributed by atoms with Gasteiger partial charge in [0, 0.05) is 48.0 Å². The molecule has 2 aromatic rings. The highest BCUT2D eigenvalue weighted by Gasteiger charge is 2.42. The summed E-state index contributed by atoms with van der Waals surface area (Å²) in [7, 11) is 4.04. The Bertz CT molecular complexity index is 1080. The van der Waals surface area contributed by atoms with Gasteiger partial charge in [0.2, 0.25) is 0 Å². The number of allylic oxidation sites excluding steroid dienone is 3. The third kappa shape index (κ3) is 4.24. The zero-order valence-electron chi connectivity index (χ0n) is 19.3. The Morgan fingerprint density at radius 2 is 1.88 bits per heavy atom. The van der Waals surface area contributed by atoms with E-state index in [0.717, 1.165) is 39.5 Å². The Balaban J connectivity index is 1.71. The number of nitrogens with one attached hydrogen (secondary N) is 1. The summed E-state index contributed by atoms with van der Waals surface area (Å²) in [6.07, 6.45) is 0.961. The normalized spacial score (nSPS) is 20.9. The van der Waals surface area contributed by atoms with Gasteiger partial charge in [0.15, 0.2) is 5.78 Å². The molecule has 2 aliphatic rings. The first kappa shape index (κ1) is 22.3. The number of carbonyl (C=O) groups excluding carboxylic acids is 2. The van der Waals surface area contributed by atoms with Crippen molar-refractivity contribution in [3.8, 4) is 0 Å². The number of ketones is 1. The van der Waals surface area contributed by atoms with Crippen molar-refractivity contribution >= 4 is 28.8 Å². The number of rotatable bonds is 5. The van der Waals surface area contributed by atoms with E-state index in [1.54, 1.807) is 11.3 Å². The molecule has 1 aromatic heterocycles. The van der Waals surface area contributed by atoms with Gasteiger partial charge in [0.1, 0.15) is 0 Å². The van der Waals surface area contributed by atoms with Gasteiger partial charge in [-0.25, -0.2) is 4.79 Å². The molecule has 0 spiro atoms. The van der Waals surface area contributed by atoms with Crippen molar-refractivity contribution in [1.82, 2.24) is 5.32 Å². The van der Waals surface area contributed by atoms with Crippen LogP contribution >= 0.6 is 11.3 Å². The van der Waals surface area contributed by atoms with Crippen LogP contribution in [0.4, 0.5) is 5.69 Å². The number of Topliss-reactive ketones (excluding diaryl/α,β-unsaturated/α-hetero) is 1. The molecule has 1 N–H and O–H groups in total. The molecule has 2 heterocycles. The van der Waals surface area contributed by atoms with Crippen LogP contribution in [0.1, 0.15) is 55.9 Å². The molecule has 32 heavy (non-hydrogen) atoms. The number of esters is 1. The van der Waals surface area contributed by atoms with E-state index in [1.807, 2.05) is 52.4 Å². The van der Waals surface area contributed by atoms with E-state index in [0.29, 0.717) is 12.0 Å². The van der Waals surface area contributed by atoms with Crippen LogP contribution in [0, 0.1) is 0 Å². The maximum absolute atomic E-state index is 13.5. The summed E-state index contributed by atoms with van der Waals surface area (Å²) in [5, 5.41) is 5.40. The highest BCUT2D eigenvalue weighted by atomic mass is 32.1. The van der Waals surface area contributed by atoms with Crippen LogP contribution in [0.5, 0.6) is 0 Å². The molecule has 0 saturated heterocycles. The third-order valence-corrected chi connectivity index (χ3v) is 7.04. The van der Waals surface area contributed by atoms with Crippen molar-refractivity contribution in [3.63, 3.8) is 0 Å². The average Bonchev–Trinajstić information content (AvgIpc) is 3.26. The molecule has 0 bridgehead atoms. The Kier molecular flexibility index (Phi) is 6.24. The highest BCUT2D eigenvalue weighted by Crippen LogP contribution is 2.46. The molecule has 0 saturated carbocycles. The second-order valence-electron chi connectivity index (χ2n) is 8.97. The molecule has 0 fully saturated rings. The molecular weight excluding hydrogens is 420 g/mol. The lowest BCUT2D eigenvalue weighted by molar-refractivity contribution is -0.143. The van der Waals surface area contributed by atoms with Gasteiger partial charge in [0.25, 0.3) is 0 Å². The first-order chi connectivity index (χ1) is 15.3. The largest absolute Gasteiger partial charge is 0.460 e. The summed E-state index contributed by atoms with van der Waals surface area (Å²) in [5.74, 6) is -0.515. The van der Waals surface area contributed by atoms with Gasteiger partial charge in [-0.05, 0) is 62.3 Å². The average molecular weight is 451 g/mol. The van der Waals surface area contributed by atoms with Crippen molar-refractivity contribution in [2.24, 2.45) is 0 Å². The molecule has 1 aromatic carbocycles. The Labute approximate surface area is 193 Å². The minimum absolute atomic E-state index is 0.0983. The van der Waals surface area contributed by atoms with Crippen molar-refractivity contribution < 1.29 is 14.3 Å². The van der Waals surface area contributed by atoms with Crippen LogP contribution in [0.15, 0.2) is 64.3 Å². The van der Waals surface area contributed by atoms with Gasteiger partial charge < -0.3 is 15.0 Å². The molecule has 0 amide bonds. The summed E-state index contributed by atoms with van der Waals surface area (Å²) in [6, 6.07) is 12.4. The molecule has 2 unspecified atom stereocenters. The number of carbonyl (C=O) groups is 2. The van der Waals surface area contributed by atoms with Crippen LogP contribution < -0.4 is 10.2 Å². The zero-order valence-corrected chi connectivity index (χ0v) is 20.1. The minimum atomic E-state index is -0.373. The fourth-order valence-corrected chi connectivity index (χ4v) is 5.45. The predicted octanol–water partition coefficient (Wildman–Crippen LogP) is 5.13. The van der Waals surface area contributed by atoms with Gasteiger partial charge in [-0.1, -0.05) is 18.2 Å². The zero-order chi connectivity index (χ0) is 23.0. The summed E-state index contributed by atoms with van der Waals surface area (Å²) in [4.78, 5) is 29.6. The van der Waals surface area contributed by atoms with Crippen LogP contribution in [-0.2, 0) is 14.3 Å². The van der Waals surface area contributed by atoms with E-state index in [1.165, 1.54) is 0 Å². The van der Waals surface area contributed by atoms with Gasteiger partial charge in [-0.3, -0.25) is 4.79 Å². The smallest absolute Gasteiger partial charge is 0.337 e. The quantitative estimate of drug-likeness (QED) is 0.640. The summed E-state index contributed by atoms with van der Waals surface area (Å²) < 4.78 is 5.55. The lowest BCUT2D eigenvalue weighted by Gasteiger charge is -2.36. The second-order valence-corrected chi connectivity index (χ2v) is 9.95. The second kappa shape index (κ2) is 8.94. The number of dihydropyridines is 1. The lowest BCUT2D eigenvalue weighted by Crippen LogP contribution is -2.36. The van der Waals surface area contributed by atoms with Crippen LogP contribution in [-0.4, -0.2) is 32.0 Å². The standard InChI is InChI=1S/C26H30N2O3S/c1-15(2)31-26(30)23-16(3)27-20-13-18(17-8-10-19(11-9-17)28(4)5)14-21(29)24(20)25(23)22-7-6-12-32-22/h6-12,15,18,25,27H,13-14H2,1-5H3. The molecule has 6 heteroatoms. The molecule has 5 nitrogen and oxygen atoms in total. The summed E-state index contributed by atoms with van der Waals surface area (Å²) >= 11 is 1.57. The fraction of sp³-hybridized carbons (Fsp3) is 0.385. The van der Waals surface area contributed by atoms with E-state index in [4.69, 9.17) is 4.74 Å².